The molecular formula is C34H34BrN5O5. The topological polar surface area (TPSA) is 118 Å². The molecule has 10 nitrogen and oxygen atoms in total. The number of carbonyl (C=O) groups is 3. The minimum absolute atomic E-state index is 0.0686. The monoisotopic (exact) mass is 671 g/mol. The minimum Gasteiger partial charge on any atom is -0.489 e. The molecule has 2 aliphatic heterocycles. The summed E-state index contributed by atoms with van der Waals surface area (Å²) in [6.07, 6.45) is 3.26. The predicted molar refractivity (Wildman–Crippen MR) is 169 cm³/mol. The van der Waals surface area contributed by atoms with E-state index in [0.29, 0.717) is 43.7 Å². The summed E-state index contributed by atoms with van der Waals surface area (Å²) in [5, 5.41) is 18.3. The minimum atomic E-state index is -0.918. The van der Waals surface area contributed by atoms with Crippen LogP contribution in [0.1, 0.15) is 64.3 Å². The molecular weight excluding hydrogens is 638 g/mol. The van der Waals surface area contributed by atoms with Gasteiger partial charge in [0, 0.05) is 42.3 Å². The summed E-state index contributed by atoms with van der Waals surface area (Å²) in [5.41, 5.74) is 6.15. The summed E-state index contributed by atoms with van der Waals surface area (Å²) >= 11 is 3.74. The number of fused-ring (bicyclic) bond motifs is 3. The van der Waals surface area contributed by atoms with Crippen molar-refractivity contribution in [2.75, 3.05) is 13.1 Å². The number of carboxylic acids is 1. The largest absolute Gasteiger partial charge is 0.489 e. The zero-order chi connectivity index (χ0) is 31.2. The molecule has 0 saturated heterocycles. The van der Waals surface area contributed by atoms with E-state index in [-0.39, 0.29) is 25.0 Å². The van der Waals surface area contributed by atoms with Crippen molar-refractivity contribution < 1.29 is 24.2 Å². The molecule has 1 aliphatic carbocycles. The number of aliphatic carboxylic acids is 1. The van der Waals surface area contributed by atoms with Crippen LogP contribution in [0.15, 0.2) is 59.1 Å². The number of carbonyl (C=O) groups excluding carboxylic acids is 2. The Morgan fingerprint density at radius 2 is 1.87 bits per heavy atom. The zero-order valence-corrected chi connectivity index (χ0v) is 26.6. The zero-order valence-electron chi connectivity index (χ0n) is 25.0. The average molecular weight is 673 g/mol. The van der Waals surface area contributed by atoms with E-state index < -0.39 is 23.8 Å². The Morgan fingerprint density at radius 1 is 1.07 bits per heavy atom. The molecule has 11 heteroatoms. The molecule has 0 bridgehead atoms. The lowest BCUT2D eigenvalue weighted by molar-refractivity contribution is -0.153. The standard InChI is InChI=1S/C34H34BrN5O5/c1-38-28-12-10-20(16-27(28)36-37-38)19-45-30-13-11-26(35)25-14-15-40(33(42)23-8-4-5-9-24(23)34(43)44)29(31(25)30)18-39-17-21-6-2-3-7-22(21)32(39)41/h2-3,6-7,10-13,16,23-24,29H,4-5,8-9,14-15,17-19H2,1H3,(H,43,44)/t23-,24+,29-/m1/s1. The molecule has 3 heterocycles. The van der Waals surface area contributed by atoms with Gasteiger partial charge in [0.05, 0.1) is 23.4 Å². The number of carboxylic acid groups (broad SMARTS) is 1. The van der Waals surface area contributed by atoms with E-state index in [1.165, 1.54) is 0 Å². The predicted octanol–water partition coefficient (Wildman–Crippen LogP) is 5.28. The van der Waals surface area contributed by atoms with Gasteiger partial charge in [-0.1, -0.05) is 58.3 Å². The van der Waals surface area contributed by atoms with Crippen LogP contribution in [0.2, 0.25) is 0 Å². The van der Waals surface area contributed by atoms with Crippen LogP contribution in [-0.4, -0.2) is 60.8 Å². The Bertz CT molecular complexity index is 1820. The van der Waals surface area contributed by atoms with Gasteiger partial charge in [-0.05, 0) is 66.3 Å². The first-order valence-electron chi connectivity index (χ1n) is 15.4. The Morgan fingerprint density at radius 3 is 2.67 bits per heavy atom. The van der Waals surface area contributed by atoms with Crippen LogP contribution in [0.3, 0.4) is 0 Å². The third-order valence-electron chi connectivity index (χ3n) is 9.61. The summed E-state index contributed by atoms with van der Waals surface area (Å²) in [7, 11) is 1.85. The van der Waals surface area contributed by atoms with E-state index in [1.54, 1.807) is 9.58 Å². The van der Waals surface area contributed by atoms with Crippen LogP contribution in [0, 0.1) is 11.8 Å². The molecule has 0 unspecified atom stereocenters. The van der Waals surface area contributed by atoms with E-state index in [4.69, 9.17) is 4.74 Å². The first-order valence-corrected chi connectivity index (χ1v) is 16.2. The number of aryl methyl sites for hydroxylation is 1. The number of ether oxygens (including phenoxy) is 1. The Labute approximate surface area is 269 Å². The van der Waals surface area contributed by atoms with E-state index >= 15 is 0 Å². The summed E-state index contributed by atoms with van der Waals surface area (Å²) in [6.45, 7) is 1.43. The van der Waals surface area contributed by atoms with Crippen molar-refractivity contribution in [2.24, 2.45) is 18.9 Å². The third-order valence-corrected chi connectivity index (χ3v) is 10.4. The maximum atomic E-state index is 14.4. The van der Waals surface area contributed by atoms with Gasteiger partial charge in [0.2, 0.25) is 5.91 Å². The molecule has 2 amide bonds. The van der Waals surface area contributed by atoms with Gasteiger partial charge in [-0.3, -0.25) is 14.4 Å². The maximum absolute atomic E-state index is 14.4. The molecule has 1 saturated carbocycles. The molecule has 3 atom stereocenters. The maximum Gasteiger partial charge on any atom is 0.307 e. The van der Waals surface area contributed by atoms with Crippen LogP contribution < -0.4 is 4.74 Å². The average Bonchev–Trinajstić information content (AvgIpc) is 3.58. The molecule has 0 radical (unpaired) electrons. The number of aromatic nitrogens is 3. The quantitative estimate of drug-likeness (QED) is 0.284. The number of nitrogens with zero attached hydrogens (tertiary/aromatic N) is 5. The second kappa shape index (κ2) is 11.9. The Hall–Kier alpha value is -4.25. The van der Waals surface area contributed by atoms with Gasteiger partial charge in [-0.25, -0.2) is 4.68 Å². The van der Waals surface area contributed by atoms with Crippen LogP contribution >= 0.6 is 15.9 Å². The van der Waals surface area contributed by atoms with Crippen molar-refractivity contribution in [3.63, 3.8) is 0 Å². The van der Waals surface area contributed by atoms with Crippen molar-refractivity contribution in [1.29, 1.82) is 0 Å². The molecule has 3 aromatic carbocycles. The smallest absolute Gasteiger partial charge is 0.307 e. The molecule has 1 fully saturated rings. The summed E-state index contributed by atoms with van der Waals surface area (Å²) in [5.74, 6) is -1.80. The fourth-order valence-corrected chi connectivity index (χ4v) is 7.85. The highest BCUT2D eigenvalue weighted by molar-refractivity contribution is 9.10. The summed E-state index contributed by atoms with van der Waals surface area (Å²) < 4.78 is 9.15. The lowest BCUT2D eigenvalue weighted by Gasteiger charge is -2.43. The molecule has 7 rings (SSSR count). The highest BCUT2D eigenvalue weighted by Crippen LogP contribution is 2.44. The van der Waals surface area contributed by atoms with Crippen molar-refractivity contribution in [2.45, 2.75) is 51.3 Å². The second-order valence-electron chi connectivity index (χ2n) is 12.2. The van der Waals surface area contributed by atoms with E-state index in [0.717, 1.165) is 50.6 Å². The molecule has 0 spiro atoms. The highest BCUT2D eigenvalue weighted by Gasteiger charge is 2.44. The number of amides is 2. The summed E-state index contributed by atoms with van der Waals surface area (Å²) in [6, 6.07) is 16.9. The summed E-state index contributed by atoms with van der Waals surface area (Å²) in [4.78, 5) is 43.8. The van der Waals surface area contributed by atoms with Gasteiger partial charge in [0.1, 0.15) is 17.9 Å². The van der Waals surface area contributed by atoms with Gasteiger partial charge in [-0.2, -0.15) is 0 Å². The lowest BCUT2D eigenvalue weighted by atomic mass is 9.77. The second-order valence-corrected chi connectivity index (χ2v) is 13.1. The molecule has 3 aliphatic rings. The van der Waals surface area contributed by atoms with Crippen LogP contribution in [0.25, 0.3) is 11.0 Å². The number of hydrogen-bond donors (Lipinski definition) is 1. The van der Waals surface area contributed by atoms with Crippen molar-refractivity contribution in [3.8, 4) is 5.75 Å². The number of benzene rings is 3. The normalized spacial score (nSPS) is 21.1. The first-order chi connectivity index (χ1) is 21.8. The van der Waals surface area contributed by atoms with Crippen LogP contribution in [-0.2, 0) is 36.2 Å². The molecule has 45 heavy (non-hydrogen) atoms. The van der Waals surface area contributed by atoms with E-state index in [9.17, 15) is 19.5 Å². The first kappa shape index (κ1) is 29.5. The van der Waals surface area contributed by atoms with Crippen LogP contribution in [0.4, 0.5) is 0 Å². The lowest BCUT2D eigenvalue weighted by Crippen LogP contribution is -2.50. The van der Waals surface area contributed by atoms with Crippen molar-refractivity contribution >= 4 is 44.7 Å². The SMILES string of the molecule is Cn1nnc2cc(COc3ccc(Br)c4c3[C@@H](CN3Cc5ccccc5C3=O)N(C(=O)[C@@H]3CCCC[C@@H]3C(=O)O)CC4)ccc21. The van der Waals surface area contributed by atoms with E-state index in [1.807, 2.05) is 66.5 Å². The van der Waals surface area contributed by atoms with Gasteiger partial charge in [-0.15, -0.1) is 5.10 Å². The molecule has 1 N–H and O–H groups in total. The Balaban J connectivity index is 1.25. The molecule has 1 aromatic heterocycles. The molecule has 4 aromatic rings. The fraction of sp³-hybridized carbons (Fsp3) is 0.382. The highest BCUT2D eigenvalue weighted by atomic mass is 79.9. The van der Waals surface area contributed by atoms with Crippen molar-refractivity contribution in [1.82, 2.24) is 24.8 Å². The fourth-order valence-electron chi connectivity index (χ4n) is 7.30. The van der Waals surface area contributed by atoms with Crippen LogP contribution in [0.5, 0.6) is 5.75 Å². The number of halogens is 1. The van der Waals surface area contributed by atoms with Gasteiger partial charge in [0.25, 0.3) is 5.91 Å². The Kier molecular flexibility index (Phi) is 7.81. The molecule has 232 valence electrons. The number of rotatable bonds is 7. The van der Waals surface area contributed by atoms with Gasteiger partial charge >= 0.3 is 5.97 Å². The van der Waals surface area contributed by atoms with Gasteiger partial charge < -0.3 is 19.6 Å². The van der Waals surface area contributed by atoms with Crippen molar-refractivity contribution in [3.05, 3.63) is 86.9 Å². The van der Waals surface area contributed by atoms with Gasteiger partial charge in [0.15, 0.2) is 0 Å². The number of hydrogen-bond acceptors (Lipinski definition) is 6. The third kappa shape index (κ3) is 5.37. The van der Waals surface area contributed by atoms with E-state index in [2.05, 4.69) is 26.2 Å².